The van der Waals surface area contributed by atoms with Crippen LogP contribution < -0.4 is 10.6 Å². The molecule has 0 bridgehead atoms. The van der Waals surface area contributed by atoms with Crippen LogP contribution in [0.5, 0.6) is 0 Å². The smallest absolute Gasteiger partial charge is 0.191 e. The van der Waals surface area contributed by atoms with Crippen molar-refractivity contribution in [1.82, 2.24) is 20.4 Å². The Bertz CT molecular complexity index is 684. The summed E-state index contributed by atoms with van der Waals surface area (Å²) >= 11 is 0. The summed E-state index contributed by atoms with van der Waals surface area (Å²) in [5.74, 6) is 1.24. The van der Waals surface area contributed by atoms with E-state index >= 15 is 0 Å². The number of hydrogen-bond donors (Lipinski definition) is 3. The molecule has 3 N–H and O–H groups in total. The van der Waals surface area contributed by atoms with E-state index in [2.05, 4.69) is 48.6 Å². The Labute approximate surface area is 185 Å². The van der Waals surface area contributed by atoms with Gasteiger partial charge in [0.1, 0.15) is 0 Å². The Kier molecular flexibility index (Phi) is 11.8. The maximum atomic E-state index is 9.24. The number of benzene rings is 1. The Morgan fingerprint density at radius 3 is 2.71 bits per heavy atom. The van der Waals surface area contributed by atoms with E-state index in [0.29, 0.717) is 5.92 Å². The summed E-state index contributed by atoms with van der Waals surface area (Å²) in [5.41, 5.74) is 2.22. The Morgan fingerprint density at radius 2 is 2.07 bits per heavy atom. The summed E-state index contributed by atoms with van der Waals surface area (Å²) in [6.45, 7) is 8.13. The lowest BCUT2D eigenvalue weighted by molar-refractivity contribution is 0.253. The Hall–Kier alpha value is -1.61. The highest BCUT2D eigenvalue weighted by atomic mass is 127. The molecule has 2 aromatic rings. The van der Waals surface area contributed by atoms with Gasteiger partial charge < -0.3 is 15.7 Å². The molecule has 1 aromatic carbocycles. The largest absolute Gasteiger partial charge is 0.396 e. The monoisotopic (exact) mass is 499 g/mol. The molecule has 6 nitrogen and oxygen atoms in total. The topological polar surface area (TPSA) is 74.5 Å². The molecule has 0 spiro atoms. The lowest BCUT2D eigenvalue weighted by Crippen LogP contribution is -2.39. The fraction of sp³-hybridized carbons (Fsp3) is 0.524. The maximum Gasteiger partial charge on any atom is 0.191 e. The number of aromatic nitrogens is 2. The number of aliphatic imine (C=N–C) groups is 1. The first-order valence-electron chi connectivity index (χ1n) is 9.93. The van der Waals surface area contributed by atoms with Crippen molar-refractivity contribution in [3.8, 4) is 5.69 Å². The van der Waals surface area contributed by atoms with Crippen molar-refractivity contribution in [3.05, 3.63) is 48.3 Å². The Balaban J connectivity index is 0.00000392. The first-order chi connectivity index (χ1) is 13.2. The third kappa shape index (κ3) is 7.79. The van der Waals surface area contributed by atoms with Crippen molar-refractivity contribution < 1.29 is 5.11 Å². The molecule has 2 rings (SSSR count). The van der Waals surface area contributed by atoms with E-state index in [1.165, 1.54) is 5.56 Å². The van der Waals surface area contributed by atoms with E-state index in [-0.39, 0.29) is 36.6 Å². The fourth-order valence-electron chi connectivity index (χ4n) is 3.10. The van der Waals surface area contributed by atoms with Crippen molar-refractivity contribution in [2.24, 2.45) is 10.9 Å². The fourth-order valence-corrected chi connectivity index (χ4v) is 3.10. The zero-order valence-corrected chi connectivity index (χ0v) is 19.5. The average molecular weight is 499 g/mol. The van der Waals surface area contributed by atoms with E-state index in [4.69, 9.17) is 4.99 Å². The summed E-state index contributed by atoms with van der Waals surface area (Å²) < 4.78 is 1.86. The second-order valence-corrected chi connectivity index (χ2v) is 6.80. The van der Waals surface area contributed by atoms with Crippen LogP contribution in [0.25, 0.3) is 5.69 Å². The summed E-state index contributed by atoms with van der Waals surface area (Å²) in [6.07, 6.45) is 6.73. The van der Waals surface area contributed by atoms with Crippen molar-refractivity contribution in [2.75, 3.05) is 19.7 Å². The van der Waals surface area contributed by atoms with Crippen LogP contribution in [0.15, 0.2) is 47.7 Å². The lowest BCUT2D eigenvalue weighted by Gasteiger charge is -2.20. The van der Waals surface area contributed by atoms with Gasteiger partial charge in [0.25, 0.3) is 0 Å². The summed E-state index contributed by atoms with van der Waals surface area (Å²) in [4.78, 5) is 4.75. The van der Waals surface area contributed by atoms with Gasteiger partial charge in [-0.3, -0.25) is 4.99 Å². The molecule has 1 heterocycles. The highest BCUT2D eigenvalue weighted by Crippen LogP contribution is 2.17. The van der Waals surface area contributed by atoms with Gasteiger partial charge in [0.05, 0.1) is 11.7 Å². The third-order valence-corrected chi connectivity index (χ3v) is 4.58. The minimum atomic E-state index is 0. The van der Waals surface area contributed by atoms with Gasteiger partial charge in [0.15, 0.2) is 5.96 Å². The molecule has 0 saturated heterocycles. The Morgan fingerprint density at radius 1 is 1.25 bits per heavy atom. The van der Waals surface area contributed by atoms with Gasteiger partial charge in [0.2, 0.25) is 0 Å². The molecule has 28 heavy (non-hydrogen) atoms. The van der Waals surface area contributed by atoms with Crippen molar-refractivity contribution in [1.29, 1.82) is 0 Å². The van der Waals surface area contributed by atoms with Gasteiger partial charge in [-0.25, -0.2) is 4.68 Å². The number of halogens is 1. The number of hydrogen-bond acceptors (Lipinski definition) is 3. The minimum Gasteiger partial charge on any atom is -0.396 e. The van der Waals surface area contributed by atoms with E-state index in [1.54, 1.807) is 6.20 Å². The molecule has 0 radical (unpaired) electrons. The van der Waals surface area contributed by atoms with Crippen LogP contribution in [0.1, 0.15) is 51.6 Å². The quantitative estimate of drug-likeness (QED) is 0.263. The van der Waals surface area contributed by atoms with E-state index < -0.39 is 0 Å². The van der Waals surface area contributed by atoms with Crippen LogP contribution in [-0.2, 0) is 0 Å². The first kappa shape index (κ1) is 24.4. The number of guanidine groups is 1. The molecule has 0 amide bonds. The van der Waals surface area contributed by atoms with Gasteiger partial charge in [-0.2, -0.15) is 5.10 Å². The molecule has 0 aliphatic rings. The number of aliphatic hydroxyl groups is 1. The zero-order chi connectivity index (χ0) is 19.5. The van der Waals surface area contributed by atoms with Crippen LogP contribution in [0.2, 0.25) is 0 Å². The van der Waals surface area contributed by atoms with Gasteiger partial charge in [-0.05, 0) is 56.4 Å². The van der Waals surface area contributed by atoms with Gasteiger partial charge in [-0.1, -0.05) is 25.5 Å². The predicted octanol–water partition coefficient (Wildman–Crippen LogP) is 3.91. The molecule has 156 valence electrons. The zero-order valence-electron chi connectivity index (χ0n) is 17.1. The molecule has 0 fully saturated rings. The highest BCUT2D eigenvalue weighted by Gasteiger charge is 2.11. The van der Waals surface area contributed by atoms with Crippen LogP contribution >= 0.6 is 24.0 Å². The predicted molar refractivity (Wildman–Crippen MR) is 127 cm³/mol. The second-order valence-electron chi connectivity index (χ2n) is 6.80. The van der Waals surface area contributed by atoms with E-state index in [9.17, 15) is 5.11 Å². The molecular weight excluding hydrogens is 465 g/mol. The first-order valence-corrected chi connectivity index (χ1v) is 9.93. The molecule has 0 aliphatic carbocycles. The minimum absolute atomic E-state index is 0. The molecule has 2 atom stereocenters. The molecule has 0 saturated carbocycles. The second kappa shape index (κ2) is 13.5. The number of nitrogens with one attached hydrogen (secondary N) is 2. The summed E-state index contributed by atoms with van der Waals surface area (Å²) in [7, 11) is 0. The SMILES string of the molecule is CCCC(CCO)CN=C(NCC)NC(C)c1cccc(-n2cccn2)c1.I. The van der Waals surface area contributed by atoms with Crippen LogP contribution in [0.3, 0.4) is 0 Å². The number of nitrogens with zero attached hydrogens (tertiary/aromatic N) is 3. The van der Waals surface area contributed by atoms with Gasteiger partial charge >= 0.3 is 0 Å². The average Bonchev–Trinajstić information content (AvgIpc) is 3.21. The standard InChI is InChI=1S/C21H33N5O.HI/c1-4-8-18(11-14-27)16-23-21(22-5-2)25-17(3)19-9-6-10-20(15-19)26-13-7-12-24-26;/h6-7,9-10,12-13,15,17-18,27H,4-5,8,11,14,16H2,1-3H3,(H2,22,23,25);1H. The maximum absolute atomic E-state index is 9.24. The normalized spacial score (nSPS) is 13.5. The molecule has 1 aromatic heterocycles. The van der Waals surface area contributed by atoms with E-state index in [0.717, 1.165) is 44.0 Å². The number of rotatable bonds is 10. The lowest BCUT2D eigenvalue weighted by atomic mass is 10.0. The highest BCUT2D eigenvalue weighted by molar-refractivity contribution is 14.0. The van der Waals surface area contributed by atoms with Gasteiger partial charge in [0, 0.05) is 32.1 Å². The van der Waals surface area contributed by atoms with Crippen molar-refractivity contribution >= 4 is 29.9 Å². The van der Waals surface area contributed by atoms with Crippen LogP contribution in [0, 0.1) is 5.92 Å². The molecule has 2 unspecified atom stereocenters. The van der Waals surface area contributed by atoms with Crippen molar-refractivity contribution in [2.45, 2.75) is 46.1 Å². The van der Waals surface area contributed by atoms with Crippen LogP contribution in [0.4, 0.5) is 0 Å². The van der Waals surface area contributed by atoms with Crippen molar-refractivity contribution in [3.63, 3.8) is 0 Å². The molecule has 0 aliphatic heterocycles. The molecular formula is C21H34IN5O. The van der Waals surface area contributed by atoms with E-state index in [1.807, 2.05) is 29.1 Å². The number of aliphatic hydroxyl groups excluding tert-OH is 1. The third-order valence-electron chi connectivity index (χ3n) is 4.58. The molecule has 7 heteroatoms. The summed E-state index contributed by atoms with van der Waals surface area (Å²) in [5, 5.41) is 20.4. The van der Waals surface area contributed by atoms with Gasteiger partial charge in [-0.15, -0.1) is 24.0 Å². The van der Waals surface area contributed by atoms with Crippen LogP contribution in [-0.4, -0.2) is 40.5 Å². The summed E-state index contributed by atoms with van der Waals surface area (Å²) in [6, 6.07) is 10.4.